The molecule has 0 aliphatic heterocycles. The molecule has 0 spiro atoms. The van der Waals surface area contributed by atoms with Crippen LogP contribution in [-0.2, 0) is 4.79 Å². The van der Waals surface area contributed by atoms with Crippen LogP contribution in [0, 0.1) is 0 Å². The molecular formula is C21H19ClN2O2. The molecule has 0 saturated heterocycles. The second kappa shape index (κ2) is 8.02. The highest BCUT2D eigenvalue weighted by molar-refractivity contribution is 6.36. The molecule has 26 heavy (non-hydrogen) atoms. The highest BCUT2D eigenvalue weighted by Crippen LogP contribution is 2.26. The number of hydrogen-bond donors (Lipinski definition) is 2. The van der Waals surface area contributed by atoms with Crippen molar-refractivity contribution in [1.29, 1.82) is 0 Å². The van der Waals surface area contributed by atoms with E-state index >= 15 is 0 Å². The maximum absolute atomic E-state index is 12.7. The average Bonchev–Trinajstić information content (AvgIpc) is 2.63. The predicted molar refractivity (Wildman–Crippen MR) is 107 cm³/mol. The van der Waals surface area contributed by atoms with Crippen LogP contribution in [0.15, 0.2) is 60.7 Å². The molecule has 2 N–H and O–H groups in total. The van der Waals surface area contributed by atoms with E-state index in [-0.39, 0.29) is 11.8 Å². The molecule has 3 rings (SSSR count). The van der Waals surface area contributed by atoms with Crippen LogP contribution in [0.4, 0.5) is 11.4 Å². The number of amides is 2. The zero-order valence-electron chi connectivity index (χ0n) is 14.4. The van der Waals surface area contributed by atoms with Crippen LogP contribution in [0.25, 0.3) is 10.8 Å². The summed E-state index contributed by atoms with van der Waals surface area (Å²) >= 11 is 6.21. The number of carbonyl (C=O) groups is 2. The van der Waals surface area contributed by atoms with Gasteiger partial charge >= 0.3 is 0 Å². The van der Waals surface area contributed by atoms with Crippen molar-refractivity contribution >= 4 is 45.6 Å². The number of rotatable bonds is 5. The Labute approximate surface area is 157 Å². The molecule has 0 heterocycles. The molecule has 4 nitrogen and oxygen atoms in total. The SMILES string of the molecule is CCCC(=O)Nc1ccc(NC(=O)c2cccc3c(Cl)cccc23)cc1. The van der Waals surface area contributed by atoms with Gasteiger partial charge in [0.15, 0.2) is 0 Å². The van der Waals surface area contributed by atoms with Gasteiger partial charge in [-0.25, -0.2) is 0 Å². The van der Waals surface area contributed by atoms with Crippen molar-refractivity contribution in [3.05, 3.63) is 71.2 Å². The topological polar surface area (TPSA) is 58.2 Å². The zero-order chi connectivity index (χ0) is 18.5. The first-order chi connectivity index (χ1) is 12.6. The lowest BCUT2D eigenvalue weighted by atomic mass is 10.0. The first kappa shape index (κ1) is 18.0. The Morgan fingerprint density at radius 3 is 2.15 bits per heavy atom. The fourth-order valence-electron chi connectivity index (χ4n) is 2.76. The van der Waals surface area contributed by atoms with Crippen molar-refractivity contribution in [2.45, 2.75) is 19.8 Å². The van der Waals surface area contributed by atoms with E-state index in [0.29, 0.717) is 28.4 Å². The van der Waals surface area contributed by atoms with Gasteiger partial charge in [0.1, 0.15) is 0 Å². The molecule has 2 amide bonds. The lowest BCUT2D eigenvalue weighted by Crippen LogP contribution is -2.13. The van der Waals surface area contributed by atoms with Gasteiger partial charge in [0.25, 0.3) is 5.91 Å². The van der Waals surface area contributed by atoms with Crippen LogP contribution >= 0.6 is 11.6 Å². The Hall–Kier alpha value is -2.85. The lowest BCUT2D eigenvalue weighted by molar-refractivity contribution is -0.116. The standard InChI is InChI=1S/C21H19ClN2O2/c1-2-5-20(25)23-14-10-12-15(13-11-14)24-21(26)18-8-3-7-17-16(18)6-4-9-19(17)22/h3-4,6-13H,2,5H2,1H3,(H,23,25)(H,24,26). The number of fused-ring (bicyclic) bond motifs is 1. The molecule has 0 radical (unpaired) electrons. The number of halogens is 1. The van der Waals surface area contributed by atoms with Crippen molar-refractivity contribution in [2.24, 2.45) is 0 Å². The number of hydrogen-bond acceptors (Lipinski definition) is 2. The van der Waals surface area contributed by atoms with Crippen molar-refractivity contribution in [3.8, 4) is 0 Å². The van der Waals surface area contributed by atoms with Crippen molar-refractivity contribution in [2.75, 3.05) is 10.6 Å². The van der Waals surface area contributed by atoms with Crippen LogP contribution in [0.1, 0.15) is 30.1 Å². The highest BCUT2D eigenvalue weighted by atomic mass is 35.5. The predicted octanol–water partition coefficient (Wildman–Crippen LogP) is 5.48. The summed E-state index contributed by atoms with van der Waals surface area (Å²) in [5.41, 5.74) is 1.92. The minimum Gasteiger partial charge on any atom is -0.326 e. The average molecular weight is 367 g/mol. The maximum Gasteiger partial charge on any atom is 0.256 e. The number of nitrogens with one attached hydrogen (secondary N) is 2. The van der Waals surface area contributed by atoms with Crippen LogP contribution in [0.5, 0.6) is 0 Å². The van der Waals surface area contributed by atoms with E-state index in [4.69, 9.17) is 11.6 Å². The van der Waals surface area contributed by atoms with E-state index in [1.807, 2.05) is 31.2 Å². The second-order valence-corrected chi connectivity index (χ2v) is 6.38. The Morgan fingerprint density at radius 1 is 0.846 bits per heavy atom. The number of carbonyl (C=O) groups excluding carboxylic acids is 2. The molecule has 0 saturated carbocycles. The summed E-state index contributed by atoms with van der Waals surface area (Å²) < 4.78 is 0. The molecule has 132 valence electrons. The molecule has 3 aromatic rings. The number of benzene rings is 3. The number of anilines is 2. The van der Waals surface area contributed by atoms with Crippen molar-refractivity contribution in [1.82, 2.24) is 0 Å². The van der Waals surface area contributed by atoms with E-state index < -0.39 is 0 Å². The molecule has 0 aliphatic carbocycles. The van der Waals surface area contributed by atoms with Crippen molar-refractivity contribution in [3.63, 3.8) is 0 Å². The minimum atomic E-state index is -0.208. The molecule has 0 fully saturated rings. The van der Waals surface area contributed by atoms with Crippen LogP contribution in [0.3, 0.4) is 0 Å². The molecule has 0 aliphatic rings. The van der Waals surface area contributed by atoms with E-state index in [2.05, 4.69) is 10.6 Å². The van der Waals surface area contributed by atoms with Gasteiger partial charge in [-0.2, -0.15) is 0 Å². The Balaban J connectivity index is 1.76. The maximum atomic E-state index is 12.7. The summed E-state index contributed by atoms with van der Waals surface area (Å²) in [5.74, 6) is -0.224. The van der Waals surface area contributed by atoms with E-state index in [9.17, 15) is 9.59 Å². The molecule has 5 heteroatoms. The molecule has 0 atom stereocenters. The van der Waals surface area contributed by atoms with Crippen molar-refractivity contribution < 1.29 is 9.59 Å². The van der Waals surface area contributed by atoms with Gasteiger partial charge in [-0.05, 0) is 48.2 Å². The smallest absolute Gasteiger partial charge is 0.256 e. The summed E-state index contributed by atoms with van der Waals surface area (Å²) in [6.07, 6.45) is 1.29. The van der Waals surface area contributed by atoms with Gasteiger partial charge in [-0.1, -0.05) is 42.8 Å². The molecular weight excluding hydrogens is 348 g/mol. The Kier molecular flexibility index (Phi) is 5.54. The first-order valence-electron chi connectivity index (χ1n) is 8.47. The zero-order valence-corrected chi connectivity index (χ0v) is 15.1. The van der Waals surface area contributed by atoms with Gasteiger partial charge in [-0.3, -0.25) is 9.59 Å². The summed E-state index contributed by atoms with van der Waals surface area (Å²) in [5, 5.41) is 7.96. The first-order valence-corrected chi connectivity index (χ1v) is 8.85. The lowest BCUT2D eigenvalue weighted by Gasteiger charge is -2.10. The molecule has 3 aromatic carbocycles. The Bertz CT molecular complexity index is 952. The molecule has 0 bridgehead atoms. The van der Waals surface area contributed by atoms with Gasteiger partial charge in [0, 0.05) is 33.8 Å². The minimum absolute atomic E-state index is 0.0167. The Morgan fingerprint density at radius 2 is 1.46 bits per heavy atom. The fraction of sp³-hybridized carbons (Fsp3) is 0.143. The van der Waals surface area contributed by atoms with Gasteiger partial charge < -0.3 is 10.6 Å². The second-order valence-electron chi connectivity index (χ2n) is 5.97. The van der Waals surface area contributed by atoms with Gasteiger partial charge in [0.05, 0.1) is 0 Å². The van der Waals surface area contributed by atoms with E-state index in [1.165, 1.54) is 0 Å². The third-order valence-electron chi connectivity index (χ3n) is 4.02. The summed E-state index contributed by atoms with van der Waals surface area (Å²) in [4.78, 5) is 24.3. The van der Waals surface area contributed by atoms with Crippen LogP contribution in [-0.4, -0.2) is 11.8 Å². The van der Waals surface area contributed by atoms with Crippen LogP contribution < -0.4 is 10.6 Å². The summed E-state index contributed by atoms with van der Waals surface area (Å²) in [7, 11) is 0. The third-order valence-corrected chi connectivity index (χ3v) is 4.35. The largest absolute Gasteiger partial charge is 0.326 e. The molecule has 0 aromatic heterocycles. The normalized spacial score (nSPS) is 10.5. The highest BCUT2D eigenvalue weighted by Gasteiger charge is 2.11. The third kappa shape index (κ3) is 4.03. The summed E-state index contributed by atoms with van der Waals surface area (Å²) in [6.45, 7) is 1.96. The van der Waals surface area contributed by atoms with Gasteiger partial charge in [-0.15, -0.1) is 0 Å². The van der Waals surface area contributed by atoms with Gasteiger partial charge in [0.2, 0.25) is 5.91 Å². The van der Waals surface area contributed by atoms with E-state index in [0.717, 1.165) is 17.2 Å². The fourth-order valence-corrected chi connectivity index (χ4v) is 2.99. The monoisotopic (exact) mass is 366 g/mol. The quantitative estimate of drug-likeness (QED) is 0.627. The van der Waals surface area contributed by atoms with Crippen LogP contribution in [0.2, 0.25) is 5.02 Å². The molecule has 0 unspecified atom stereocenters. The summed E-state index contributed by atoms with van der Waals surface area (Å²) in [6, 6.07) is 18.0. The van der Waals surface area contributed by atoms with E-state index in [1.54, 1.807) is 36.4 Å².